The van der Waals surface area contributed by atoms with E-state index in [1.54, 1.807) is 12.1 Å². The van der Waals surface area contributed by atoms with E-state index in [1.807, 2.05) is 11.1 Å². The average Bonchev–Trinajstić information content (AvgIpc) is 2.59. The molecular formula is C10H13N3O2. The van der Waals surface area contributed by atoms with E-state index in [-0.39, 0.29) is 10.6 Å². The average molecular weight is 207 g/mol. The molecule has 80 valence electrons. The third kappa shape index (κ3) is 1.78. The van der Waals surface area contributed by atoms with E-state index < -0.39 is 0 Å². The van der Waals surface area contributed by atoms with E-state index >= 15 is 0 Å². The molecule has 1 aliphatic heterocycles. The minimum absolute atomic E-state index is 0.131. The molecule has 15 heavy (non-hydrogen) atoms. The summed E-state index contributed by atoms with van der Waals surface area (Å²) in [6, 6.07) is 5.31. The number of fused-ring (bicyclic) bond motifs is 1. The molecule has 0 fully saturated rings. The van der Waals surface area contributed by atoms with Crippen LogP contribution in [0.15, 0.2) is 18.2 Å². The van der Waals surface area contributed by atoms with Crippen LogP contribution >= 0.6 is 0 Å². The third-order valence-electron chi connectivity index (χ3n) is 2.53. The number of benzene rings is 1. The number of anilines is 1. The Morgan fingerprint density at radius 1 is 1.53 bits per heavy atom. The molecule has 1 aromatic rings. The molecule has 0 saturated heterocycles. The van der Waals surface area contributed by atoms with Crippen molar-refractivity contribution < 1.29 is 4.92 Å². The molecule has 1 N–H and O–H groups in total. The van der Waals surface area contributed by atoms with E-state index in [4.69, 9.17) is 0 Å². The van der Waals surface area contributed by atoms with Crippen molar-refractivity contribution in [2.45, 2.75) is 26.4 Å². The predicted molar refractivity (Wildman–Crippen MR) is 57.4 cm³/mol. The second-order valence-corrected chi connectivity index (χ2v) is 3.93. The van der Waals surface area contributed by atoms with Crippen LogP contribution in [-0.4, -0.2) is 16.0 Å². The summed E-state index contributed by atoms with van der Waals surface area (Å²) in [5.74, 6) is 0. The maximum atomic E-state index is 10.6. The van der Waals surface area contributed by atoms with Crippen LogP contribution in [-0.2, 0) is 6.54 Å². The van der Waals surface area contributed by atoms with E-state index in [0.29, 0.717) is 6.04 Å². The van der Waals surface area contributed by atoms with Crippen molar-refractivity contribution in [1.82, 2.24) is 5.01 Å². The Morgan fingerprint density at radius 3 is 2.87 bits per heavy atom. The standard InChI is InChI=1S/C10H13N3O2/c1-7(2)12-6-8-3-4-9(13(14)15)5-10(8)11-12/h3-5,7,11H,6H2,1-2H3. The van der Waals surface area contributed by atoms with Gasteiger partial charge in [-0.1, -0.05) is 0 Å². The number of nitro benzene ring substituents is 1. The molecule has 0 radical (unpaired) electrons. The van der Waals surface area contributed by atoms with Gasteiger partial charge in [-0.2, -0.15) is 0 Å². The molecule has 1 aliphatic rings. The Kier molecular flexibility index (Phi) is 2.32. The Labute approximate surface area is 87.8 Å². The Morgan fingerprint density at radius 2 is 2.27 bits per heavy atom. The quantitative estimate of drug-likeness (QED) is 0.596. The number of hydrogen-bond donors (Lipinski definition) is 1. The first kappa shape index (κ1) is 9.92. The molecule has 0 unspecified atom stereocenters. The second kappa shape index (κ2) is 3.51. The van der Waals surface area contributed by atoms with Crippen molar-refractivity contribution in [3.63, 3.8) is 0 Å². The molecule has 1 heterocycles. The second-order valence-electron chi connectivity index (χ2n) is 3.93. The largest absolute Gasteiger partial charge is 0.318 e. The molecule has 1 aromatic carbocycles. The first-order valence-corrected chi connectivity index (χ1v) is 4.88. The van der Waals surface area contributed by atoms with Crippen LogP contribution in [0.25, 0.3) is 0 Å². The number of rotatable bonds is 2. The summed E-state index contributed by atoms with van der Waals surface area (Å²) in [7, 11) is 0. The summed E-state index contributed by atoms with van der Waals surface area (Å²) in [5.41, 5.74) is 5.24. The van der Waals surface area contributed by atoms with Crippen molar-refractivity contribution in [1.29, 1.82) is 0 Å². The number of nitrogens with zero attached hydrogens (tertiary/aromatic N) is 2. The number of non-ortho nitro benzene ring substituents is 1. The predicted octanol–water partition coefficient (Wildman–Crippen LogP) is 2.15. The maximum Gasteiger partial charge on any atom is 0.271 e. The molecule has 5 nitrogen and oxygen atoms in total. The summed E-state index contributed by atoms with van der Waals surface area (Å²) in [4.78, 5) is 10.2. The summed E-state index contributed by atoms with van der Waals surface area (Å²) in [5, 5.41) is 12.6. The lowest BCUT2D eigenvalue weighted by atomic mass is 10.2. The van der Waals surface area contributed by atoms with Crippen LogP contribution < -0.4 is 5.43 Å². The van der Waals surface area contributed by atoms with E-state index in [0.717, 1.165) is 17.8 Å². The molecule has 5 heteroatoms. The molecule has 0 bridgehead atoms. The van der Waals surface area contributed by atoms with Crippen LogP contribution in [0.1, 0.15) is 19.4 Å². The Hall–Kier alpha value is -1.62. The Balaban J connectivity index is 2.27. The van der Waals surface area contributed by atoms with Gasteiger partial charge in [0.1, 0.15) is 0 Å². The van der Waals surface area contributed by atoms with Gasteiger partial charge in [0.2, 0.25) is 0 Å². The molecule has 0 aliphatic carbocycles. The summed E-state index contributed by atoms with van der Waals surface area (Å²) < 4.78 is 0. The van der Waals surface area contributed by atoms with Gasteiger partial charge in [-0.25, -0.2) is 5.01 Å². The summed E-state index contributed by atoms with van der Waals surface area (Å²) >= 11 is 0. The highest BCUT2D eigenvalue weighted by atomic mass is 16.6. The van der Waals surface area contributed by atoms with Gasteiger partial charge in [0, 0.05) is 24.7 Å². The van der Waals surface area contributed by atoms with Crippen molar-refractivity contribution in [3.8, 4) is 0 Å². The topological polar surface area (TPSA) is 58.4 Å². The van der Waals surface area contributed by atoms with Crippen LogP contribution in [0.2, 0.25) is 0 Å². The van der Waals surface area contributed by atoms with Crippen LogP contribution in [0.3, 0.4) is 0 Å². The lowest BCUT2D eigenvalue weighted by molar-refractivity contribution is -0.384. The van der Waals surface area contributed by atoms with Gasteiger partial charge in [-0.3, -0.25) is 10.1 Å². The molecule has 0 aromatic heterocycles. The van der Waals surface area contributed by atoms with Gasteiger partial charge in [-0.05, 0) is 25.5 Å². The number of nitro groups is 1. The zero-order valence-corrected chi connectivity index (χ0v) is 8.73. The van der Waals surface area contributed by atoms with Gasteiger partial charge in [-0.15, -0.1) is 0 Å². The highest BCUT2D eigenvalue weighted by Gasteiger charge is 2.22. The molecule has 0 atom stereocenters. The SMILES string of the molecule is CC(C)N1Cc2ccc([N+](=O)[O-])cc2N1. The van der Waals surface area contributed by atoms with E-state index in [2.05, 4.69) is 19.3 Å². The monoisotopic (exact) mass is 207 g/mol. The van der Waals surface area contributed by atoms with Gasteiger partial charge in [0.25, 0.3) is 5.69 Å². The molecule has 0 amide bonds. The smallest absolute Gasteiger partial charge is 0.271 e. The van der Waals surface area contributed by atoms with Crippen molar-refractivity contribution >= 4 is 11.4 Å². The third-order valence-corrected chi connectivity index (χ3v) is 2.53. The highest BCUT2D eigenvalue weighted by molar-refractivity contribution is 5.59. The van der Waals surface area contributed by atoms with Gasteiger partial charge >= 0.3 is 0 Å². The van der Waals surface area contributed by atoms with Crippen LogP contribution in [0, 0.1) is 10.1 Å². The van der Waals surface area contributed by atoms with E-state index in [1.165, 1.54) is 0 Å². The first-order valence-electron chi connectivity index (χ1n) is 4.88. The van der Waals surface area contributed by atoms with Gasteiger partial charge in [0.15, 0.2) is 0 Å². The normalized spacial score (nSPS) is 15.1. The molecule has 0 spiro atoms. The van der Waals surface area contributed by atoms with Crippen molar-refractivity contribution in [2.75, 3.05) is 5.43 Å². The minimum atomic E-state index is -0.375. The lowest BCUT2D eigenvalue weighted by Gasteiger charge is -2.19. The number of hydrogen-bond acceptors (Lipinski definition) is 4. The summed E-state index contributed by atoms with van der Waals surface area (Å²) in [6.45, 7) is 4.95. The van der Waals surface area contributed by atoms with Crippen LogP contribution in [0.4, 0.5) is 11.4 Å². The fraction of sp³-hybridized carbons (Fsp3) is 0.400. The fourth-order valence-electron chi connectivity index (χ4n) is 1.61. The molecule has 0 saturated carbocycles. The molecular weight excluding hydrogens is 194 g/mol. The number of nitrogens with one attached hydrogen (secondary N) is 1. The lowest BCUT2D eigenvalue weighted by Crippen LogP contribution is -2.30. The Bertz CT molecular complexity index is 404. The first-order chi connectivity index (χ1) is 7.08. The number of hydrazine groups is 1. The van der Waals surface area contributed by atoms with E-state index in [9.17, 15) is 10.1 Å². The zero-order valence-electron chi connectivity index (χ0n) is 8.73. The zero-order chi connectivity index (χ0) is 11.0. The minimum Gasteiger partial charge on any atom is -0.318 e. The highest BCUT2D eigenvalue weighted by Crippen LogP contribution is 2.29. The van der Waals surface area contributed by atoms with Gasteiger partial charge in [0.05, 0.1) is 10.6 Å². The van der Waals surface area contributed by atoms with Gasteiger partial charge < -0.3 is 5.43 Å². The maximum absolute atomic E-state index is 10.6. The molecule has 2 rings (SSSR count). The summed E-state index contributed by atoms with van der Waals surface area (Å²) in [6.07, 6.45) is 0. The van der Waals surface area contributed by atoms with Crippen molar-refractivity contribution in [3.05, 3.63) is 33.9 Å². The van der Waals surface area contributed by atoms with Crippen LogP contribution in [0.5, 0.6) is 0 Å². The fourth-order valence-corrected chi connectivity index (χ4v) is 1.61. The van der Waals surface area contributed by atoms with Crippen molar-refractivity contribution in [2.24, 2.45) is 0 Å².